The second-order valence-corrected chi connectivity index (χ2v) is 6.29. The van der Waals surface area contributed by atoms with E-state index in [1.165, 1.54) is 6.33 Å². The minimum atomic E-state index is -0.795. The van der Waals surface area contributed by atoms with Gasteiger partial charge < -0.3 is 20.7 Å². The van der Waals surface area contributed by atoms with E-state index in [1.54, 1.807) is 9.13 Å². The molecule has 4 N–H and O–H groups in total. The Morgan fingerprint density at radius 2 is 2.08 bits per heavy atom. The SMILES string of the molecule is Nc1nc(=O)c2ncn([C@H]3CC(O)[C@@H](CO)O3)c2n1Cc1ccccc1. The molecule has 0 saturated carbocycles. The van der Waals surface area contributed by atoms with Crippen LogP contribution in [0.25, 0.3) is 11.2 Å². The molecule has 4 rings (SSSR count). The lowest BCUT2D eigenvalue weighted by Crippen LogP contribution is -2.24. The highest BCUT2D eigenvalue weighted by Gasteiger charge is 2.35. The molecule has 1 fully saturated rings. The number of aliphatic hydroxyl groups excluding tert-OH is 2. The van der Waals surface area contributed by atoms with Crippen LogP contribution in [0.1, 0.15) is 18.2 Å². The first kappa shape index (κ1) is 16.7. The topological polar surface area (TPSA) is 128 Å². The quantitative estimate of drug-likeness (QED) is 0.593. The molecule has 9 nitrogen and oxygen atoms in total. The average Bonchev–Trinajstić information content (AvgIpc) is 3.23. The van der Waals surface area contributed by atoms with E-state index >= 15 is 0 Å². The van der Waals surface area contributed by atoms with Gasteiger partial charge in [0.15, 0.2) is 11.2 Å². The van der Waals surface area contributed by atoms with Gasteiger partial charge in [0.1, 0.15) is 12.3 Å². The number of benzene rings is 1. The minimum absolute atomic E-state index is 0.0744. The molecule has 3 aromatic rings. The molecular weight excluding hydrogens is 338 g/mol. The van der Waals surface area contributed by atoms with Crippen LogP contribution in [0.15, 0.2) is 41.5 Å². The summed E-state index contributed by atoms with van der Waals surface area (Å²) in [4.78, 5) is 20.2. The fourth-order valence-corrected chi connectivity index (χ4v) is 3.28. The van der Waals surface area contributed by atoms with Gasteiger partial charge in [0.25, 0.3) is 0 Å². The predicted molar refractivity (Wildman–Crippen MR) is 93.4 cm³/mol. The molecule has 1 saturated heterocycles. The second kappa shape index (κ2) is 6.52. The summed E-state index contributed by atoms with van der Waals surface area (Å²) in [7, 11) is 0. The Hall–Kier alpha value is -2.75. The van der Waals surface area contributed by atoms with Crippen molar-refractivity contribution in [3.05, 3.63) is 52.6 Å². The minimum Gasteiger partial charge on any atom is -0.394 e. The highest BCUT2D eigenvalue weighted by Crippen LogP contribution is 2.31. The van der Waals surface area contributed by atoms with Crippen molar-refractivity contribution in [1.29, 1.82) is 0 Å². The maximum absolute atomic E-state index is 12.2. The lowest BCUT2D eigenvalue weighted by Gasteiger charge is -2.18. The molecule has 9 heteroatoms. The van der Waals surface area contributed by atoms with Gasteiger partial charge in [-0.2, -0.15) is 4.98 Å². The molecule has 3 atom stereocenters. The zero-order valence-electron chi connectivity index (χ0n) is 13.9. The van der Waals surface area contributed by atoms with Crippen molar-refractivity contribution in [1.82, 2.24) is 19.1 Å². The molecule has 26 heavy (non-hydrogen) atoms. The van der Waals surface area contributed by atoms with Crippen molar-refractivity contribution in [2.45, 2.75) is 31.4 Å². The number of aliphatic hydroxyl groups is 2. The van der Waals surface area contributed by atoms with Crippen LogP contribution in [-0.4, -0.2) is 48.1 Å². The van der Waals surface area contributed by atoms with Gasteiger partial charge in [-0.15, -0.1) is 0 Å². The molecular formula is C17H19N5O4. The van der Waals surface area contributed by atoms with E-state index in [0.29, 0.717) is 12.2 Å². The smallest absolute Gasteiger partial charge is 0.302 e. The Morgan fingerprint density at radius 1 is 1.31 bits per heavy atom. The molecule has 136 valence electrons. The highest BCUT2D eigenvalue weighted by atomic mass is 16.5. The van der Waals surface area contributed by atoms with E-state index < -0.39 is 24.0 Å². The number of fused-ring (bicyclic) bond motifs is 1. The third kappa shape index (κ3) is 2.75. The number of hydrogen-bond acceptors (Lipinski definition) is 7. The van der Waals surface area contributed by atoms with Crippen LogP contribution >= 0.6 is 0 Å². The number of ether oxygens (including phenoxy) is 1. The molecule has 1 aliphatic rings. The summed E-state index contributed by atoms with van der Waals surface area (Å²) < 4.78 is 9.07. The predicted octanol–water partition coefficient (Wildman–Crippen LogP) is -0.136. The summed E-state index contributed by atoms with van der Waals surface area (Å²) in [5.41, 5.74) is 7.15. The van der Waals surface area contributed by atoms with Gasteiger partial charge in [0.2, 0.25) is 5.95 Å². The Bertz CT molecular complexity index is 984. The van der Waals surface area contributed by atoms with Crippen LogP contribution in [-0.2, 0) is 11.3 Å². The number of hydrogen-bond donors (Lipinski definition) is 3. The second-order valence-electron chi connectivity index (χ2n) is 6.29. The Kier molecular flexibility index (Phi) is 4.19. The van der Waals surface area contributed by atoms with Crippen molar-refractivity contribution in [2.24, 2.45) is 0 Å². The van der Waals surface area contributed by atoms with Crippen LogP contribution in [0.3, 0.4) is 0 Å². The lowest BCUT2D eigenvalue weighted by molar-refractivity contribution is -0.0433. The third-order valence-corrected chi connectivity index (χ3v) is 4.60. The van der Waals surface area contributed by atoms with Crippen molar-refractivity contribution in [3.63, 3.8) is 0 Å². The molecule has 1 unspecified atom stereocenters. The maximum Gasteiger partial charge on any atom is 0.302 e. The van der Waals surface area contributed by atoms with Crippen LogP contribution in [0.4, 0.5) is 5.95 Å². The summed E-state index contributed by atoms with van der Waals surface area (Å²) >= 11 is 0. The summed E-state index contributed by atoms with van der Waals surface area (Å²) in [6.07, 6.45) is -0.276. The van der Waals surface area contributed by atoms with E-state index in [1.807, 2.05) is 30.3 Å². The molecule has 0 spiro atoms. The van der Waals surface area contributed by atoms with E-state index in [-0.39, 0.29) is 24.5 Å². The van der Waals surface area contributed by atoms with Crippen LogP contribution in [0.5, 0.6) is 0 Å². The molecule has 0 bridgehead atoms. The Morgan fingerprint density at radius 3 is 2.77 bits per heavy atom. The van der Waals surface area contributed by atoms with E-state index in [2.05, 4.69) is 9.97 Å². The van der Waals surface area contributed by atoms with Gasteiger partial charge >= 0.3 is 5.56 Å². The van der Waals surface area contributed by atoms with Gasteiger partial charge in [-0.25, -0.2) is 4.98 Å². The zero-order chi connectivity index (χ0) is 18.3. The number of anilines is 1. The number of aromatic nitrogens is 4. The van der Waals surface area contributed by atoms with Crippen LogP contribution in [0.2, 0.25) is 0 Å². The molecule has 0 radical (unpaired) electrons. The van der Waals surface area contributed by atoms with Gasteiger partial charge in [0.05, 0.1) is 25.6 Å². The van der Waals surface area contributed by atoms with Crippen molar-refractivity contribution in [2.75, 3.05) is 12.3 Å². The normalized spacial score (nSPS) is 22.9. The largest absolute Gasteiger partial charge is 0.394 e. The zero-order valence-corrected chi connectivity index (χ0v) is 13.9. The van der Waals surface area contributed by atoms with E-state index in [4.69, 9.17) is 10.5 Å². The highest BCUT2D eigenvalue weighted by molar-refractivity contribution is 5.72. The summed E-state index contributed by atoms with van der Waals surface area (Å²) in [5, 5.41) is 19.3. The van der Waals surface area contributed by atoms with Gasteiger partial charge in [-0.3, -0.25) is 13.9 Å². The first-order chi connectivity index (χ1) is 12.6. The van der Waals surface area contributed by atoms with E-state index in [0.717, 1.165) is 5.56 Å². The van der Waals surface area contributed by atoms with E-state index in [9.17, 15) is 15.0 Å². The summed E-state index contributed by atoms with van der Waals surface area (Å²) in [6, 6.07) is 9.64. The molecule has 1 aromatic carbocycles. The Balaban J connectivity index is 1.84. The van der Waals surface area contributed by atoms with Crippen molar-refractivity contribution in [3.8, 4) is 0 Å². The average molecular weight is 357 g/mol. The molecule has 3 heterocycles. The van der Waals surface area contributed by atoms with Crippen LogP contribution in [0, 0.1) is 0 Å². The fourth-order valence-electron chi connectivity index (χ4n) is 3.28. The molecule has 0 aliphatic carbocycles. The molecule has 1 aliphatic heterocycles. The molecule has 2 aromatic heterocycles. The third-order valence-electron chi connectivity index (χ3n) is 4.60. The summed E-state index contributed by atoms with van der Waals surface area (Å²) in [5.74, 6) is 0.0744. The van der Waals surface area contributed by atoms with Crippen molar-refractivity contribution < 1.29 is 14.9 Å². The lowest BCUT2D eigenvalue weighted by atomic mass is 10.2. The monoisotopic (exact) mass is 357 g/mol. The fraction of sp³-hybridized carbons (Fsp3) is 0.353. The van der Waals surface area contributed by atoms with Crippen molar-refractivity contribution >= 4 is 17.1 Å². The number of imidazole rings is 1. The first-order valence-electron chi connectivity index (χ1n) is 8.29. The van der Waals surface area contributed by atoms with Crippen LogP contribution < -0.4 is 11.3 Å². The van der Waals surface area contributed by atoms with Gasteiger partial charge in [-0.05, 0) is 5.56 Å². The first-order valence-corrected chi connectivity index (χ1v) is 8.29. The number of nitrogens with zero attached hydrogens (tertiary/aromatic N) is 4. The standard InChI is InChI=1S/C17H19N5O4/c18-17-20-15(25)14-16(21(17)7-10-4-2-1-3-5-10)22(9-19-14)13-6-11(24)12(8-23)26-13/h1-5,9,11-13,23-24H,6-8H2,(H2,18,20,25)/t11?,12-,13-/m1/s1. The number of nitrogens with two attached hydrogens (primary N) is 1. The molecule has 0 amide bonds. The number of nitrogen functional groups attached to an aromatic ring is 1. The Labute approximate surface area is 148 Å². The van der Waals surface area contributed by atoms with Gasteiger partial charge in [-0.1, -0.05) is 30.3 Å². The summed E-state index contributed by atoms with van der Waals surface area (Å²) in [6.45, 7) is 0.117. The number of rotatable bonds is 4. The maximum atomic E-state index is 12.2. The van der Waals surface area contributed by atoms with Gasteiger partial charge in [0, 0.05) is 6.42 Å².